The number of esters is 1. The Hall–Kier alpha value is -0.520. The standard InChI is InChI=1S/C11H14BrNO2S/c1-13-10(11(14)15-2)7-16-9-5-3-8(12)4-6-9/h3-6,10,13H,7H2,1-2H3. The summed E-state index contributed by atoms with van der Waals surface area (Å²) in [4.78, 5) is 12.4. The Kier molecular flexibility index (Phi) is 5.87. The molecule has 88 valence electrons. The maximum absolute atomic E-state index is 11.3. The maximum Gasteiger partial charge on any atom is 0.323 e. The molecule has 0 heterocycles. The summed E-state index contributed by atoms with van der Waals surface area (Å²) in [6.07, 6.45) is 0. The summed E-state index contributed by atoms with van der Waals surface area (Å²) in [6.45, 7) is 0. The van der Waals surface area contributed by atoms with Crippen LogP contribution in [0.5, 0.6) is 0 Å². The Bertz CT molecular complexity index is 342. The average molecular weight is 304 g/mol. The number of hydrogen-bond acceptors (Lipinski definition) is 4. The summed E-state index contributed by atoms with van der Waals surface area (Å²) in [6, 6.07) is 7.72. The molecular formula is C11H14BrNO2S. The van der Waals surface area contributed by atoms with E-state index < -0.39 is 0 Å². The molecule has 1 aromatic rings. The molecule has 0 aromatic heterocycles. The van der Waals surface area contributed by atoms with Gasteiger partial charge in [-0.25, -0.2) is 0 Å². The molecule has 1 rings (SSSR count). The molecular weight excluding hydrogens is 290 g/mol. The lowest BCUT2D eigenvalue weighted by Crippen LogP contribution is -2.37. The highest BCUT2D eigenvalue weighted by Gasteiger charge is 2.16. The van der Waals surface area contributed by atoms with Crippen molar-refractivity contribution in [1.29, 1.82) is 0 Å². The van der Waals surface area contributed by atoms with Crippen LogP contribution in [0.25, 0.3) is 0 Å². The number of thioether (sulfide) groups is 1. The molecule has 0 aliphatic carbocycles. The van der Waals surface area contributed by atoms with Crippen LogP contribution >= 0.6 is 27.7 Å². The van der Waals surface area contributed by atoms with Crippen LogP contribution in [0.3, 0.4) is 0 Å². The molecule has 1 unspecified atom stereocenters. The second-order valence-electron chi connectivity index (χ2n) is 3.13. The monoisotopic (exact) mass is 303 g/mol. The molecule has 1 aromatic carbocycles. The zero-order chi connectivity index (χ0) is 12.0. The van der Waals surface area contributed by atoms with Crippen LogP contribution in [-0.4, -0.2) is 31.9 Å². The molecule has 0 saturated carbocycles. The fourth-order valence-electron chi connectivity index (χ4n) is 1.12. The zero-order valence-corrected chi connectivity index (χ0v) is 11.6. The van der Waals surface area contributed by atoms with Gasteiger partial charge in [-0.05, 0) is 31.3 Å². The molecule has 0 aliphatic rings. The summed E-state index contributed by atoms with van der Waals surface area (Å²) >= 11 is 5.00. The second kappa shape index (κ2) is 6.93. The third kappa shape index (κ3) is 4.15. The van der Waals surface area contributed by atoms with Crippen molar-refractivity contribution in [2.75, 3.05) is 19.9 Å². The normalized spacial score (nSPS) is 12.2. The number of likely N-dealkylation sites (N-methyl/N-ethyl adjacent to an activating group) is 1. The van der Waals surface area contributed by atoms with Crippen LogP contribution in [0.1, 0.15) is 0 Å². The van der Waals surface area contributed by atoms with Crippen LogP contribution in [0.15, 0.2) is 33.6 Å². The fraction of sp³-hybridized carbons (Fsp3) is 0.364. The summed E-state index contributed by atoms with van der Waals surface area (Å²) in [5.41, 5.74) is 0. The smallest absolute Gasteiger partial charge is 0.323 e. The van der Waals surface area contributed by atoms with E-state index >= 15 is 0 Å². The first-order chi connectivity index (χ1) is 7.67. The van der Waals surface area contributed by atoms with E-state index in [4.69, 9.17) is 0 Å². The number of methoxy groups -OCH3 is 1. The van der Waals surface area contributed by atoms with Crippen molar-refractivity contribution in [3.05, 3.63) is 28.7 Å². The van der Waals surface area contributed by atoms with E-state index in [0.29, 0.717) is 5.75 Å². The highest BCUT2D eigenvalue weighted by molar-refractivity contribution is 9.10. The van der Waals surface area contributed by atoms with Crippen molar-refractivity contribution in [3.63, 3.8) is 0 Å². The molecule has 1 atom stereocenters. The number of ether oxygens (including phenoxy) is 1. The molecule has 0 bridgehead atoms. The number of hydrogen-bond donors (Lipinski definition) is 1. The number of carbonyl (C=O) groups excluding carboxylic acids is 1. The van der Waals surface area contributed by atoms with E-state index in [9.17, 15) is 4.79 Å². The van der Waals surface area contributed by atoms with Gasteiger partial charge in [0, 0.05) is 15.1 Å². The number of benzene rings is 1. The molecule has 3 nitrogen and oxygen atoms in total. The van der Waals surface area contributed by atoms with Crippen molar-refractivity contribution in [1.82, 2.24) is 5.32 Å². The lowest BCUT2D eigenvalue weighted by molar-refractivity contribution is -0.142. The number of halogens is 1. The van der Waals surface area contributed by atoms with Gasteiger partial charge in [-0.1, -0.05) is 15.9 Å². The Morgan fingerprint density at radius 1 is 1.50 bits per heavy atom. The highest BCUT2D eigenvalue weighted by atomic mass is 79.9. The molecule has 0 saturated heterocycles. The van der Waals surface area contributed by atoms with Crippen molar-refractivity contribution in [2.45, 2.75) is 10.9 Å². The first-order valence-corrected chi connectivity index (χ1v) is 6.58. The van der Waals surface area contributed by atoms with E-state index in [2.05, 4.69) is 26.0 Å². The molecule has 0 spiro atoms. The minimum absolute atomic E-state index is 0.230. The molecule has 1 N–H and O–H groups in total. The molecule has 0 fully saturated rings. The van der Waals surface area contributed by atoms with Crippen LogP contribution in [0.2, 0.25) is 0 Å². The summed E-state index contributed by atoms with van der Waals surface area (Å²) in [5.74, 6) is 0.428. The molecule has 0 radical (unpaired) electrons. The highest BCUT2D eigenvalue weighted by Crippen LogP contribution is 2.21. The third-order valence-corrected chi connectivity index (χ3v) is 3.70. The van der Waals surface area contributed by atoms with Gasteiger partial charge < -0.3 is 10.1 Å². The van der Waals surface area contributed by atoms with E-state index in [0.717, 1.165) is 9.37 Å². The Morgan fingerprint density at radius 3 is 2.62 bits per heavy atom. The van der Waals surface area contributed by atoms with E-state index in [-0.39, 0.29) is 12.0 Å². The van der Waals surface area contributed by atoms with Gasteiger partial charge in [-0.15, -0.1) is 11.8 Å². The van der Waals surface area contributed by atoms with E-state index in [1.807, 2.05) is 24.3 Å². The molecule has 0 amide bonds. The quantitative estimate of drug-likeness (QED) is 0.669. The lowest BCUT2D eigenvalue weighted by Gasteiger charge is -2.12. The SMILES string of the molecule is CNC(CSc1ccc(Br)cc1)C(=O)OC. The Balaban J connectivity index is 2.49. The van der Waals surface area contributed by atoms with Gasteiger partial charge in [-0.3, -0.25) is 4.79 Å². The van der Waals surface area contributed by atoms with Crippen LogP contribution in [0, 0.1) is 0 Å². The first-order valence-electron chi connectivity index (χ1n) is 4.81. The van der Waals surface area contributed by atoms with Gasteiger partial charge in [0.15, 0.2) is 0 Å². The maximum atomic E-state index is 11.3. The van der Waals surface area contributed by atoms with Crippen LogP contribution in [-0.2, 0) is 9.53 Å². The fourth-order valence-corrected chi connectivity index (χ4v) is 2.38. The second-order valence-corrected chi connectivity index (χ2v) is 5.14. The summed E-state index contributed by atoms with van der Waals surface area (Å²) in [7, 11) is 3.15. The first kappa shape index (κ1) is 13.5. The predicted molar refractivity (Wildman–Crippen MR) is 69.7 cm³/mol. The van der Waals surface area contributed by atoms with Crippen molar-refractivity contribution < 1.29 is 9.53 Å². The van der Waals surface area contributed by atoms with Crippen molar-refractivity contribution >= 4 is 33.7 Å². The number of carbonyl (C=O) groups is 1. The topological polar surface area (TPSA) is 38.3 Å². The summed E-state index contributed by atoms with van der Waals surface area (Å²) in [5, 5.41) is 2.93. The van der Waals surface area contributed by atoms with E-state index in [1.54, 1.807) is 18.8 Å². The molecule has 0 aliphatic heterocycles. The average Bonchev–Trinajstić information content (AvgIpc) is 2.31. The number of nitrogens with one attached hydrogen (secondary N) is 1. The third-order valence-electron chi connectivity index (χ3n) is 2.06. The van der Waals surface area contributed by atoms with E-state index in [1.165, 1.54) is 7.11 Å². The predicted octanol–water partition coefficient (Wildman–Crippen LogP) is 2.30. The van der Waals surface area contributed by atoms with Gasteiger partial charge in [0.25, 0.3) is 0 Å². The van der Waals surface area contributed by atoms with Gasteiger partial charge in [0.2, 0.25) is 0 Å². The van der Waals surface area contributed by atoms with Crippen molar-refractivity contribution in [3.8, 4) is 0 Å². The lowest BCUT2D eigenvalue weighted by atomic mass is 10.3. The molecule has 16 heavy (non-hydrogen) atoms. The number of rotatable bonds is 5. The Morgan fingerprint density at radius 2 is 2.12 bits per heavy atom. The summed E-state index contributed by atoms with van der Waals surface area (Å²) < 4.78 is 5.74. The van der Waals surface area contributed by atoms with Gasteiger partial charge in [-0.2, -0.15) is 0 Å². The minimum Gasteiger partial charge on any atom is -0.468 e. The van der Waals surface area contributed by atoms with Crippen molar-refractivity contribution in [2.24, 2.45) is 0 Å². The zero-order valence-electron chi connectivity index (χ0n) is 9.20. The van der Waals surface area contributed by atoms with Gasteiger partial charge in [0.05, 0.1) is 7.11 Å². The Labute approximate surface area is 108 Å². The van der Waals surface area contributed by atoms with Gasteiger partial charge in [0.1, 0.15) is 6.04 Å². The largest absolute Gasteiger partial charge is 0.468 e. The minimum atomic E-state index is -0.265. The van der Waals surface area contributed by atoms with Gasteiger partial charge >= 0.3 is 5.97 Å². The van der Waals surface area contributed by atoms with Crippen LogP contribution in [0.4, 0.5) is 0 Å². The van der Waals surface area contributed by atoms with Crippen LogP contribution < -0.4 is 5.32 Å². The molecule has 5 heteroatoms.